The molecule has 0 aromatic rings. The highest BCUT2D eigenvalue weighted by atomic mass is 16.7. The average Bonchev–Trinajstić information content (AvgIpc) is 2.15. The second-order valence-electron chi connectivity index (χ2n) is 3.40. The third-order valence-corrected chi connectivity index (χ3v) is 2.47. The van der Waals surface area contributed by atoms with Crippen LogP contribution in [-0.2, 0) is 9.47 Å². The maximum atomic E-state index is 8.89. The Balaban J connectivity index is 2.09. The zero-order chi connectivity index (χ0) is 8.81. The van der Waals surface area contributed by atoms with Crippen LogP contribution in [0.2, 0.25) is 0 Å². The van der Waals surface area contributed by atoms with Crippen LogP contribution in [0.1, 0.15) is 25.7 Å². The summed E-state index contributed by atoms with van der Waals surface area (Å²) < 4.78 is 10.2. The molecular weight excluding hydrogens is 156 g/mol. The monoisotopic (exact) mass is 174 g/mol. The Kier molecular flexibility index (Phi) is 4.58. The van der Waals surface area contributed by atoms with Crippen LogP contribution in [0.4, 0.5) is 0 Å². The van der Waals surface area contributed by atoms with Crippen LogP contribution < -0.4 is 0 Å². The topological polar surface area (TPSA) is 38.7 Å². The Hall–Kier alpha value is -0.120. The van der Waals surface area contributed by atoms with Crippen LogP contribution in [0.3, 0.4) is 0 Å². The molecule has 1 rings (SSSR count). The molecule has 1 saturated carbocycles. The third-order valence-electron chi connectivity index (χ3n) is 2.47. The summed E-state index contributed by atoms with van der Waals surface area (Å²) in [6.45, 7) is 0.728. The predicted molar refractivity (Wildman–Crippen MR) is 45.8 cm³/mol. The zero-order valence-corrected chi connectivity index (χ0v) is 7.66. The number of rotatable bonds is 4. The molecule has 72 valence electrons. The van der Waals surface area contributed by atoms with E-state index >= 15 is 0 Å². The molecule has 0 spiro atoms. The Morgan fingerprint density at radius 3 is 2.42 bits per heavy atom. The fourth-order valence-corrected chi connectivity index (χ4v) is 1.65. The molecule has 3 nitrogen and oxygen atoms in total. The van der Waals surface area contributed by atoms with Crippen LogP contribution in [0.15, 0.2) is 0 Å². The van der Waals surface area contributed by atoms with E-state index in [0.717, 1.165) is 25.7 Å². The molecule has 0 aromatic heterocycles. The SMILES string of the molecule is COCOC1CCC(CO)CC1. The molecule has 0 heterocycles. The molecule has 0 aliphatic heterocycles. The molecule has 12 heavy (non-hydrogen) atoms. The quantitative estimate of drug-likeness (QED) is 0.650. The molecule has 0 atom stereocenters. The van der Waals surface area contributed by atoms with Crippen molar-refractivity contribution in [2.45, 2.75) is 31.8 Å². The van der Waals surface area contributed by atoms with Crippen molar-refractivity contribution in [2.75, 3.05) is 20.5 Å². The minimum atomic E-state index is 0.330. The summed E-state index contributed by atoms with van der Waals surface area (Å²) >= 11 is 0. The maximum Gasteiger partial charge on any atom is 0.146 e. The van der Waals surface area contributed by atoms with Crippen LogP contribution in [0.5, 0.6) is 0 Å². The van der Waals surface area contributed by atoms with E-state index in [1.54, 1.807) is 7.11 Å². The summed E-state index contributed by atoms with van der Waals surface area (Å²) in [7, 11) is 1.64. The largest absolute Gasteiger partial charge is 0.396 e. The van der Waals surface area contributed by atoms with Gasteiger partial charge in [-0.25, -0.2) is 0 Å². The highest BCUT2D eigenvalue weighted by molar-refractivity contribution is 4.71. The lowest BCUT2D eigenvalue weighted by Crippen LogP contribution is -2.23. The van der Waals surface area contributed by atoms with E-state index in [9.17, 15) is 0 Å². The Labute approximate surface area is 73.7 Å². The van der Waals surface area contributed by atoms with Gasteiger partial charge in [0.1, 0.15) is 6.79 Å². The second-order valence-corrected chi connectivity index (χ2v) is 3.40. The Morgan fingerprint density at radius 1 is 1.25 bits per heavy atom. The molecule has 1 N–H and O–H groups in total. The number of aliphatic hydroxyl groups is 1. The van der Waals surface area contributed by atoms with E-state index in [-0.39, 0.29) is 0 Å². The highest BCUT2D eigenvalue weighted by Gasteiger charge is 2.20. The highest BCUT2D eigenvalue weighted by Crippen LogP contribution is 2.25. The van der Waals surface area contributed by atoms with Crippen LogP contribution in [0.25, 0.3) is 0 Å². The van der Waals surface area contributed by atoms with Crippen molar-refractivity contribution < 1.29 is 14.6 Å². The number of hydrogen-bond acceptors (Lipinski definition) is 3. The summed E-state index contributed by atoms with van der Waals surface area (Å²) in [6.07, 6.45) is 4.66. The fourth-order valence-electron chi connectivity index (χ4n) is 1.65. The van der Waals surface area contributed by atoms with Gasteiger partial charge < -0.3 is 14.6 Å². The summed E-state index contributed by atoms with van der Waals surface area (Å²) in [5.74, 6) is 0.507. The van der Waals surface area contributed by atoms with E-state index in [2.05, 4.69) is 0 Å². The van der Waals surface area contributed by atoms with Gasteiger partial charge in [-0.2, -0.15) is 0 Å². The van der Waals surface area contributed by atoms with Crippen molar-refractivity contribution in [1.82, 2.24) is 0 Å². The normalized spacial score (nSPS) is 30.5. The number of hydrogen-bond donors (Lipinski definition) is 1. The summed E-state index contributed by atoms with van der Waals surface area (Å²) in [5.41, 5.74) is 0. The predicted octanol–water partition coefficient (Wildman–Crippen LogP) is 1.16. The van der Waals surface area contributed by atoms with E-state index in [1.165, 1.54) is 0 Å². The smallest absolute Gasteiger partial charge is 0.146 e. The molecular formula is C9H18O3. The van der Waals surface area contributed by atoms with E-state index in [4.69, 9.17) is 14.6 Å². The molecule has 3 heteroatoms. The first-order valence-corrected chi connectivity index (χ1v) is 4.58. The van der Waals surface area contributed by atoms with Crippen molar-refractivity contribution in [3.63, 3.8) is 0 Å². The van der Waals surface area contributed by atoms with Crippen LogP contribution in [0, 0.1) is 5.92 Å². The lowest BCUT2D eigenvalue weighted by Gasteiger charge is -2.26. The molecule has 0 aromatic carbocycles. The second kappa shape index (κ2) is 5.51. The molecule has 0 amide bonds. The summed E-state index contributed by atoms with van der Waals surface area (Å²) in [6, 6.07) is 0. The van der Waals surface area contributed by atoms with Crippen molar-refractivity contribution in [3.05, 3.63) is 0 Å². The minimum Gasteiger partial charge on any atom is -0.396 e. The van der Waals surface area contributed by atoms with Gasteiger partial charge in [-0.05, 0) is 31.6 Å². The first kappa shape index (κ1) is 9.96. The van der Waals surface area contributed by atoms with Crippen molar-refractivity contribution >= 4 is 0 Å². The van der Waals surface area contributed by atoms with Crippen molar-refractivity contribution in [3.8, 4) is 0 Å². The Bertz CT molecular complexity index is 108. The summed E-state index contributed by atoms with van der Waals surface area (Å²) in [5, 5.41) is 8.89. The standard InChI is InChI=1S/C9H18O3/c1-11-7-12-9-4-2-8(6-10)3-5-9/h8-10H,2-7H2,1H3. The van der Waals surface area contributed by atoms with Gasteiger partial charge in [-0.3, -0.25) is 0 Å². The third kappa shape index (κ3) is 3.09. The summed E-state index contributed by atoms with van der Waals surface area (Å²) in [4.78, 5) is 0. The van der Waals surface area contributed by atoms with Crippen molar-refractivity contribution in [1.29, 1.82) is 0 Å². The molecule has 1 aliphatic carbocycles. The van der Waals surface area contributed by atoms with E-state index < -0.39 is 0 Å². The van der Waals surface area contributed by atoms with Gasteiger partial charge in [0.05, 0.1) is 6.10 Å². The maximum absolute atomic E-state index is 8.89. The average molecular weight is 174 g/mol. The van der Waals surface area contributed by atoms with Gasteiger partial charge in [-0.15, -0.1) is 0 Å². The van der Waals surface area contributed by atoms with Gasteiger partial charge >= 0.3 is 0 Å². The van der Waals surface area contributed by atoms with E-state index in [1.807, 2.05) is 0 Å². The number of methoxy groups -OCH3 is 1. The molecule has 0 radical (unpaired) electrons. The molecule has 1 fully saturated rings. The first-order chi connectivity index (χ1) is 5.86. The minimum absolute atomic E-state index is 0.330. The Morgan fingerprint density at radius 2 is 1.92 bits per heavy atom. The van der Waals surface area contributed by atoms with Crippen LogP contribution >= 0.6 is 0 Å². The van der Waals surface area contributed by atoms with Gasteiger partial charge in [0.2, 0.25) is 0 Å². The molecule has 0 bridgehead atoms. The van der Waals surface area contributed by atoms with Crippen LogP contribution in [-0.4, -0.2) is 31.7 Å². The molecule has 1 aliphatic rings. The van der Waals surface area contributed by atoms with Gasteiger partial charge in [0.25, 0.3) is 0 Å². The molecule has 0 saturated heterocycles. The molecule has 0 unspecified atom stereocenters. The van der Waals surface area contributed by atoms with Gasteiger partial charge in [-0.1, -0.05) is 0 Å². The van der Waals surface area contributed by atoms with Gasteiger partial charge in [0, 0.05) is 13.7 Å². The number of ether oxygens (including phenoxy) is 2. The number of aliphatic hydroxyl groups excluding tert-OH is 1. The lowest BCUT2D eigenvalue weighted by molar-refractivity contribution is -0.0872. The first-order valence-electron chi connectivity index (χ1n) is 4.58. The van der Waals surface area contributed by atoms with Gasteiger partial charge in [0.15, 0.2) is 0 Å². The lowest BCUT2D eigenvalue weighted by atomic mass is 9.88. The van der Waals surface area contributed by atoms with E-state index in [0.29, 0.717) is 25.4 Å². The fraction of sp³-hybridized carbons (Fsp3) is 1.00. The zero-order valence-electron chi connectivity index (χ0n) is 7.66. The van der Waals surface area contributed by atoms with Crippen molar-refractivity contribution in [2.24, 2.45) is 5.92 Å².